The molecular weight excluding hydrogens is 314 g/mol. The summed E-state index contributed by atoms with van der Waals surface area (Å²) in [6.07, 6.45) is 3.77. The van der Waals surface area contributed by atoms with Crippen LogP contribution >= 0.6 is 0 Å². The molecule has 0 amide bonds. The molecule has 1 aromatic carbocycles. The van der Waals surface area contributed by atoms with E-state index in [2.05, 4.69) is 26.9 Å². The zero-order valence-electron chi connectivity index (χ0n) is 15.1. The van der Waals surface area contributed by atoms with Crippen molar-refractivity contribution in [2.75, 3.05) is 51.3 Å². The SMILES string of the molecule is CCOC(CN1CCN(c2ccccc2OC)CC1)c1ccncc1. The van der Waals surface area contributed by atoms with E-state index in [0.717, 1.165) is 38.5 Å². The van der Waals surface area contributed by atoms with Crippen molar-refractivity contribution in [2.24, 2.45) is 0 Å². The van der Waals surface area contributed by atoms with Gasteiger partial charge in [0.1, 0.15) is 5.75 Å². The second-order valence-electron chi connectivity index (χ2n) is 6.18. The fraction of sp³-hybridized carbons (Fsp3) is 0.450. The fourth-order valence-electron chi connectivity index (χ4n) is 3.33. The third-order valence-corrected chi connectivity index (χ3v) is 4.67. The van der Waals surface area contributed by atoms with Gasteiger partial charge in [-0.15, -0.1) is 0 Å². The van der Waals surface area contributed by atoms with Crippen LogP contribution in [0, 0.1) is 0 Å². The number of rotatable bonds is 7. The Labute approximate surface area is 150 Å². The fourth-order valence-corrected chi connectivity index (χ4v) is 3.33. The first kappa shape index (κ1) is 17.7. The van der Waals surface area contributed by atoms with Gasteiger partial charge >= 0.3 is 0 Å². The molecule has 0 bridgehead atoms. The van der Waals surface area contributed by atoms with Crippen LogP contribution in [0.25, 0.3) is 0 Å². The first-order valence-corrected chi connectivity index (χ1v) is 8.93. The number of benzene rings is 1. The molecule has 0 N–H and O–H groups in total. The predicted molar refractivity (Wildman–Crippen MR) is 100 cm³/mol. The van der Waals surface area contributed by atoms with Crippen molar-refractivity contribution in [1.82, 2.24) is 9.88 Å². The molecule has 1 atom stereocenters. The smallest absolute Gasteiger partial charge is 0.142 e. The van der Waals surface area contributed by atoms with Crippen LogP contribution in [-0.4, -0.2) is 56.3 Å². The Hall–Kier alpha value is -2.11. The summed E-state index contributed by atoms with van der Waals surface area (Å²) in [7, 11) is 1.73. The number of methoxy groups -OCH3 is 1. The van der Waals surface area contributed by atoms with E-state index in [1.807, 2.05) is 43.6 Å². The van der Waals surface area contributed by atoms with E-state index in [4.69, 9.17) is 9.47 Å². The molecule has 25 heavy (non-hydrogen) atoms. The number of para-hydroxylation sites is 2. The highest BCUT2D eigenvalue weighted by Crippen LogP contribution is 2.28. The average molecular weight is 341 g/mol. The van der Waals surface area contributed by atoms with Crippen molar-refractivity contribution in [3.8, 4) is 5.75 Å². The van der Waals surface area contributed by atoms with Gasteiger partial charge in [-0.3, -0.25) is 9.88 Å². The molecule has 5 nitrogen and oxygen atoms in total. The van der Waals surface area contributed by atoms with Crippen molar-refractivity contribution in [3.05, 3.63) is 54.4 Å². The van der Waals surface area contributed by atoms with E-state index < -0.39 is 0 Å². The van der Waals surface area contributed by atoms with Crippen LogP contribution in [0.15, 0.2) is 48.8 Å². The van der Waals surface area contributed by atoms with Crippen molar-refractivity contribution in [2.45, 2.75) is 13.0 Å². The molecule has 0 radical (unpaired) electrons. The van der Waals surface area contributed by atoms with E-state index in [1.54, 1.807) is 7.11 Å². The lowest BCUT2D eigenvalue weighted by atomic mass is 10.1. The Morgan fingerprint density at radius 1 is 1.04 bits per heavy atom. The van der Waals surface area contributed by atoms with Crippen molar-refractivity contribution >= 4 is 5.69 Å². The molecule has 1 aromatic heterocycles. The number of nitrogens with zero attached hydrogens (tertiary/aromatic N) is 3. The van der Waals surface area contributed by atoms with Crippen LogP contribution in [0.2, 0.25) is 0 Å². The topological polar surface area (TPSA) is 37.8 Å². The highest BCUT2D eigenvalue weighted by molar-refractivity contribution is 5.58. The maximum atomic E-state index is 5.98. The lowest BCUT2D eigenvalue weighted by molar-refractivity contribution is 0.0310. The van der Waals surface area contributed by atoms with Gasteiger partial charge in [0, 0.05) is 51.7 Å². The van der Waals surface area contributed by atoms with Gasteiger partial charge in [-0.25, -0.2) is 0 Å². The Morgan fingerprint density at radius 3 is 2.44 bits per heavy atom. The Bertz CT molecular complexity index is 642. The minimum absolute atomic E-state index is 0.103. The van der Waals surface area contributed by atoms with E-state index in [1.165, 1.54) is 11.3 Å². The molecule has 0 spiro atoms. The molecule has 1 unspecified atom stereocenters. The minimum Gasteiger partial charge on any atom is -0.495 e. The summed E-state index contributed by atoms with van der Waals surface area (Å²) in [5.41, 5.74) is 2.38. The summed E-state index contributed by atoms with van der Waals surface area (Å²) in [5, 5.41) is 0. The molecule has 2 heterocycles. The van der Waals surface area contributed by atoms with Crippen LogP contribution in [0.5, 0.6) is 5.75 Å². The van der Waals surface area contributed by atoms with Gasteiger partial charge in [0.15, 0.2) is 0 Å². The summed E-state index contributed by atoms with van der Waals surface area (Å²) in [6.45, 7) is 7.71. The van der Waals surface area contributed by atoms with Crippen LogP contribution in [-0.2, 0) is 4.74 Å². The zero-order chi connectivity index (χ0) is 17.5. The molecule has 1 aliphatic heterocycles. The van der Waals surface area contributed by atoms with Crippen LogP contribution in [0.4, 0.5) is 5.69 Å². The summed E-state index contributed by atoms with van der Waals surface area (Å²) in [4.78, 5) is 8.99. The second kappa shape index (κ2) is 8.83. The Balaban J connectivity index is 1.60. The summed E-state index contributed by atoms with van der Waals surface area (Å²) >= 11 is 0. The zero-order valence-corrected chi connectivity index (χ0v) is 15.1. The molecule has 5 heteroatoms. The van der Waals surface area contributed by atoms with E-state index in [0.29, 0.717) is 6.61 Å². The number of anilines is 1. The number of hydrogen-bond acceptors (Lipinski definition) is 5. The monoisotopic (exact) mass is 341 g/mol. The highest BCUT2D eigenvalue weighted by Gasteiger charge is 2.22. The summed E-state index contributed by atoms with van der Waals surface area (Å²) in [6, 6.07) is 12.3. The standard InChI is InChI=1S/C20H27N3O2/c1-3-25-20(17-8-10-21-11-9-17)16-22-12-14-23(15-13-22)18-6-4-5-7-19(18)24-2/h4-11,20H,3,12-16H2,1-2H3. The number of pyridine rings is 1. The normalized spacial score (nSPS) is 16.6. The summed E-state index contributed by atoms with van der Waals surface area (Å²) in [5.74, 6) is 0.944. The van der Waals surface area contributed by atoms with Gasteiger partial charge in [0.05, 0.1) is 18.9 Å². The van der Waals surface area contributed by atoms with Gasteiger partial charge in [-0.2, -0.15) is 0 Å². The molecule has 0 saturated carbocycles. The number of piperazine rings is 1. The molecule has 134 valence electrons. The number of aromatic nitrogens is 1. The number of ether oxygens (including phenoxy) is 2. The van der Waals surface area contributed by atoms with Gasteiger partial charge in [-0.05, 0) is 36.8 Å². The van der Waals surface area contributed by atoms with Crippen molar-refractivity contribution < 1.29 is 9.47 Å². The molecule has 1 saturated heterocycles. The molecule has 0 aliphatic carbocycles. The quantitative estimate of drug-likeness (QED) is 0.774. The molecule has 1 aliphatic rings. The number of hydrogen-bond donors (Lipinski definition) is 0. The van der Waals surface area contributed by atoms with Gasteiger partial charge in [-0.1, -0.05) is 12.1 Å². The van der Waals surface area contributed by atoms with E-state index in [9.17, 15) is 0 Å². The highest BCUT2D eigenvalue weighted by atomic mass is 16.5. The lowest BCUT2D eigenvalue weighted by Crippen LogP contribution is -2.47. The first-order valence-electron chi connectivity index (χ1n) is 8.93. The maximum absolute atomic E-state index is 5.98. The van der Waals surface area contributed by atoms with Gasteiger partial charge in [0.25, 0.3) is 0 Å². The summed E-state index contributed by atoms with van der Waals surface area (Å²) < 4.78 is 11.5. The largest absolute Gasteiger partial charge is 0.495 e. The third kappa shape index (κ3) is 4.50. The van der Waals surface area contributed by atoms with Crippen LogP contribution in [0.1, 0.15) is 18.6 Å². The maximum Gasteiger partial charge on any atom is 0.142 e. The van der Waals surface area contributed by atoms with E-state index in [-0.39, 0.29) is 6.10 Å². The van der Waals surface area contributed by atoms with Gasteiger partial charge in [0.2, 0.25) is 0 Å². The molecule has 3 rings (SSSR count). The van der Waals surface area contributed by atoms with Crippen LogP contribution < -0.4 is 9.64 Å². The predicted octanol–water partition coefficient (Wildman–Crippen LogP) is 2.99. The van der Waals surface area contributed by atoms with E-state index >= 15 is 0 Å². The lowest BCUT2D eigenvalue weighted by Gasteiger charge is -2.38. The Kier molecular flexibility index (Phi) is 6.25. The Morgan fingerprint density at radius 2 is 1.76 bits per heavy atom. The third-order valence-electron chi connectivity index (χ3n) is 4.67. The molecular formula is C20H27N3O2. The van der Waals surface area contributed by atoms with Crippen molar-refractivity contribution in [3.63, 3.8) is 0 Å². The van der Waals surface area contributed by atoms with Crippen molar-refractivity contribution in [1.29, 1.82) is 0 Å². The first-order chi connectivity index (χ1) is 12.3. The van der Waals surface area contributed by atoms with Crippen LogP contribution in [0.3, 0.4) is 0 Å². The minimum atomic E-state index is 0.103. The molecule has 2 aromatic rings. The second-order valence-corrected chi connectivity index (χ2v) is 6.18. The average Bonchev–Trinajstić information content (AvgIpc) is 2.69. The molecule has 1 fully saturated rings. The van der Waals surface area contributed by atoms with Gasteiger partial charge < -0.3 is 14.4 Å².